The molecule has 88 valence electrons. The molecular formula is C14H26O. The van der Waals surface area contributed by atoms with Crippen molar-refractivity contribution in [1.29, 1.82) is 0 Å². The van der Waals surface area contributed by atoms with Crippen molar-refractivity contribution < 1.29 is 4.79 Å². The smallest absolute Gasteiger partial charge is 0.132 e. The van der Waals surface area contributed by atoms with Crippen LogP contribution in [0.25, 0.3) is 0 Å². The van der Waals surface area contributed by atoms with Crippen LogP contribution in [0.1, 0.15) is 72.1 Å². The third kappa shape index (κ3) is 5.96. The number of hydrogen-bond donors (Lipinski definition) is 0. The van der Waals surface area contributed by atoms with E-state index in [9.17, 15) is 4.79 Å². The predicted octanol–water partition coefficient (Wildman–Crippen LogP) is 4.35. The lowest BCUT2D eigenvalue weighted by Gasteiger charge is -2.17. The van der Waals surface area contributed by atoms with E-state index in [-0.39, 0.29) is 0 Å². The van der Waals surface area contributed by atoms with Crippen molar-refractivity contribution in [3.8, 4) is 0 Å². The number of rotatable bonds is 5. The van der Waals surface area contributed by atoms with E-state index in [0.29, 0.717) is 11.2 Å². The number of carbonyl (C=O) groups excluding carboxylic acids is 1. The molecule has 0 aromatic rings. The highest BCUT2D eigenvalue weighted by Gasteiger charge is 2.17. The van der Waals surface area contributed by atoms with Crippen LogP contribution in [0.15, 0.2) is 0 Å². The van der Waals surface area contributed by atoms with Gasteiger partial charge in [-0.05, 0) is 24.2 Å². The molecule has 0 aromatic heterocycles. The molecule has 0 heterocycles. The van der Waals surface area contributed by atoms with Crippen LogP contribution in [-0.2, 0) is 4.79 Å². The van der Waals surface area contributed by atoms with Crippen LogP contribution in [0.3, 0.4) is 0 Å². The van der Waals surface area contributed by atoms with Crippen LogP contribution in [0.2, 0.25) is 0 Å². The van der Waals surface area contributed by atoms with Gasteiger partial charge in [-0.2, -0.15) is 0 Å². The quantitative estimate of drug-likeness (QED) is 0.659. The highest BCUT2D eigenvalue weighted by Crippen LogP contribution is 2.29. The molecule has 15 heavy (non-hydrogen) atoms. The summed E-state index contributed by atoms with van der Waals surface area (Å²) in [4.78, 5) is 11.6. The van der Waals surface area contributed by atoms with Gasteiger partial charge in [0.05, 0.1) is 0 Å². The molecule has 1 fully saturated rings. The fraction of sp³-hybridized carbons (Fsp3) is 0.929. The molecule has 0 amide bonds. The van der Waals surface area contributed by atoms with Gasteiger partial charge in [-0.1, -0.05) is 46.5 Å². The second-order valence-electron chi connectivity index (χ2n) is 6.29. The van der Waals surface area contributed by atoms with E-state index in [1.165, 1.54) is 25.7 Å². The molecular weight excluding hydrogens is 184 g/mol. The Balaban J connectivity index is 2.08. The van der Waals surface area contributed by atoms with Gasteiger partial charge in [-0.15, -0.1) is 0 Å². The molecule has 0 N–H and O–H groups in total. The van der Waals surface area contributed by atoms with E-state index < -0.39 is 0 Å². The number of hydrogen-bond acceptors (Lipinski definition) is 1. The van der Waals surface area contributed by atoms with Gasteiger partial charge in [0.2, 0.25) is 0 Å². The lowest BCUT2D eigenvalue weighted by atomic mass is 9.88. The maximum absolute atomic E-state index is 11.6. The highest BCUT2D eigenvalue weighted by atomic mass is 16.1. The topological polar surface area (TPSA) is 17.1 Å². The van der Waals surface area contributed by atoms with Crippen LogP contribution in [-0.4, -0.2) is 5.78 Å². The lowest BCUT2D eigenvalue weighted by molar-refractivity contribution is -0.119. The van der Waals surface area contributed by atoms with Crippen LogP contribution < -0.4 is 0 Å². The molecule has 1 nitrogen and oxygen atoms in total. The van der Waals surface area contributed by atoms with Gasteiger partial charge in [0, 0.05) is 12.8 Å². The third-order valence-electron chi connectivity index (χ3n) is 3.46. The first-order valence-corrected chi connectivity index (χ1v) is 6.49. The maximum atomic E-state index is 11.6. The molecule has 1 rings (SSSR count). The summed E-state index contributed by atoms with van der Waals surface area (Å²) in [6.45, 7) is 6.62. The molecule has 0 aromatic carbocycles. The molecule has 0 spiro atoms. The van der Waals surface area contributed by atoms with E-state index in [0.717, 1.165) is 31.6 Å². The van der Waals surface area contributed by atoms with Crippen LogP contribution in [0.4, 0.5) is 0 Å². The van der Waals surface area contributed by atoms with E-state index in [4.69, 9.17) is 0 Å². The van der Waals surface area contributed by atoms with Gasteiger partial charge < -0.3 is 0 Å². The van der Waals surface area contributed by atoms with Gasteiger partial charge in [0.25, 0.3) is 0 Å². The normalized spacial score (nSPS) is 18.3. The second kappa shape index (κ2) is 5.67. The Kier molecular flexibility index (Phi) is 4.82. The Hall–Kier alpha value is -0.330. The molecule has 1 saturated carbocycles. The monoisotopic (exact) mass is 210 g/mol. The lowest BCUT2D eigenvalue weighted by Crippen LogP contribution is -2.09. The first-order chi connectivity index (χ1) is 6.97. The first-order valence-electron chi connectivity index (χ1n) is 6.49. The number of Topliss-reactive ketones (excluding diaryl/α,β-unsaturated/α-hetero) is 1. The van der Waals surface area contributed by atoms with Crippen molar-refractivity contribution in [2.24, 2.45) is 11.3 Å². The zero-order valence-electron chi connectivity index (χ0n) is 10.6. The zero-order chi connectivity index (χ0) is 11.3. The first kappa shape index (κ1) is 12.7. The van der Waals surface area contributed by atoms with Crippen LogP contribution >= 0.6 is 0 Å². The highest BCUT2D eigenvalue weighted by molar-refractivity contribution is 5.78. The minimum atomic E-state index is 0.309. The summed E-state index contributed by atoms with van der Waals surface area (Å²) < 4.78 is 0. The summed E-state index contributed by atoms with van der Waals surface area (Å²) in [7, 11) is 0. The summed E-state index contributed by atoms with van der Waals surface area (Å²) in [5.41, 5.74) is 0.309. The SMILES string of the molecule is CC(C)(C)CCC(=O)CCC1CCCC1. The van der Waals surface area contributed by atoms with Gasteiger partial charge in [-0.3, -0.25) is 4.79 Å². The Bertz CT molecular complexity index is 194. The van der Waals surface area contributed by atoms with Gasteiger partial charge in [0.15, 0.2) is 0 Å². The number of carbonyl (C=O) groups is 1. The third-order valence-corrected chi connectivity index (χ3v) is 3.46. The molecule has 0 aliphatic heterocycles. The molecule has 0 atom stereocenters. The Morgan fingerprint density at radius 1 is 1.13 bits per heavy atom. The fourth-order valence-corrected chi connectivity index (χ4v) is 2.30. The summed E-state index contributed by atoms with van der Waals surface area (Å²) in [5, 5.41) is 0. The Labute approximate surface area is 94.6 Å². The minimum Gasteiger partial charge on any atom is -0.300 e. The summed E-state index contributed by atoms with van der Waals surface area (Å²) >= 11 is 0. The van der Waals surface area contributed by atoms with Crippen molar-refractivity contribution in [3.63, 3.8) is 0 Å². The van der Waals surface area contributed by atoms with E-state index in [1.54, 1.807) is 0 Å². The molecule has 0 bridgehead atoms. The maximum Gasteiger partial charge on any atom is 0.132 e. The van der Waals surface area contributed by atoms with Gasteiger partial charge >= 0.3 is 0 Å². The van der Waals surface area contributed by atoms with E-state index in [2.05, 4.69) is 20.8 Å². The van der Waals surface area contributed by atoms with Crippen molar-refractivity contribution in [2.75, 3.05) is 0 Å². The van der Waals surface area contributed by atoms with Crippen molar-refractivity contribution >= 4 is 5.78 Å². The fourth-order valence-electron chi connectivity index (χ4n) is 2.30. The van der Waals surface area contributed by atoms with Crippen LogP contribution in [0.5, 0.6) is 0 Å². The van der Waals surface area contributed by atoms with Crippen LogP contribution in [0, 0.1) is 11.3 Å². The molecule has 0 radical (unpaired) electrons. The Morgan fingerprint density at radius 2 is 1.73 bits per heavy atom. The van der Waals surface area contributed by atoms with Gasteiger partial charge in [0.1, 0.15) is 5.78 Å². The molecule has 1 aliphatic carbocycles. The number of ketones is 1. The summed E-state index contributed by atoms with van der Waals surface area (Å²) in [5.74, 6) is 1.35. The standard InChI is InChI=1S/C14H26O/c1-14(2,3)11-10-13(15)9-8-12-6-4-5-7-12/h12H,4-11H2,1-3H3. The largest absolute Gasteiger partial charge is 0.300 e. The average Bonchev–Trinajstić information content (AvgIpc) is 2.62. The van der Waals surface area contributed by atoms with E-state index >= 15 is 0 Å². The Morgan fingerprint density at radius 3 is 2.27 bits per heavy atom. The van der Waals surface area contributed by atoms with Gasteiger partial charge in [-0.25, -0.2) is 0 Å². The average molecular weight is 210 g/mol. The molecule has 1 aliphatic rings. The molecule has 1 heteroatoms. The van der Waals surface area contributed by atoms with E-state index in [1.807, 2.05) is 0 Å². The second-order valence-corrected chi connectivity index (χ2v) is 6.29. The molecule has 0 unspecified atom stereocenters. The summed E-state index contributed by atoms with van der Waals surface area (Å²) in [6.07, 6.45) is 9.33. The molecule has 0 saturated heterocycles. The van der Waals surface area contributed by atoms with Crippen molar-refractivity contribution in [1.82, 2.24) is 0 Å². The summed E-state index contributed by atoms with van der Waals surface area (Å²) in [6, 6.07) is 0. The zero-order valence-corrected chi connectivity index (χ0v) is 10.6. The van der Waals surface area contributed by atoms with Crippen molar-refractivity contribution in [2.45, 2.75) is 72.1 Å². The predicted molar refractivity (Wildman–Crippen MR) is 64.9 cm³/mol. The minimum absolute atomic E-state index is 0.309. The van der Waals surface area contributed by atoms with Crippen molar-refractivity contribution in [3.05, 3.63) is 0 Å².